The molecule has 7 heteroatoms. The maximum Gasteiger partial charge on any atom is 0.287 e. The van der Waals surface area contributed by atoms with Crippen LogP contribution in [0.3, 0.4) is 0 Å². The molecule has 2 aromatic carbocycles. The first-order valence-electron chi connectivity index (χ1n) is 9.41. The van der Waals surface area contributed by atoms with Crippen LogP contribution < -0.4 is 10.7 Å². The first-order chi connectivity index (χ1) is 15.0. The Bertz CT molecular complexity index is 1140. The Morgan fingerprint density at radius 3 is 2.42 bits per heavy atom. The second-order valence-electron chi connectivity index (χ2n) is 6.51. The van der Waals surface area contributed by atoms with Crippen molar-refractivity contribution in [3.63, 3.8) is 0 Å². The Balaban J connectivity index is 1.73. The number of rotatable bonds is 7. The minimum absolute atomic E-state index is 0.0641. The van der Waals surface area contributed by atoms with E-state index in [4.69, 9.17) is 11.6 Å². The Hall–Kier alpha value is -3.48. The molecule has 0 atom stereocenters. The fraction of sp³-hybridized carbons (Fsp3) is 0.0417. The predicted molar refractivity (Wildman–Crippen MR) is 128 cm³/mol. The van der Waals surface area contributed by atoms with Gasteiger partial charge in [0, 0.05) is 4.88 Å². The lowest BCUT2D eigenvalue weighted by molar-refractivity contribution is -0.117. The Morgan fingerprint density at radius 2 is 1.71 bits per heavy atom. The van der Waals surface area contributed by atoms with Crippen LogP contribution in [0.15, 0.2) is 88.5 Å². The number of amides is 2. The van der Waals surface area contributed by atoms with Gasteiger partial charge in [-0.05, 0) is 47.7 Å². The number of hydrogen-bond acceptors (Lipinski definition) is 4. The summed E-state index contributed by atoms with van der Waals surface area (Å²) < 4.78 is 0. The fourth-order valence-electron chi connectivity index (χ4n) is 2.61. The molecule has 31 heavy (non-hydrogen) atoms. The van der Waals surface area contributed by atoms with Crippen molar-refractivity contribution in [2.24, 2.45) is 5.10 Å². The van der Waals surface area contributed by atoms with Crippen LogP contribution in [0.1, 0.15) is 27.7 Å². The molecular weight excluding hydrogens is 430 g/mol. The molecule has 0 bridgehead atoms. The molecule has 0 saturated carbocycles. The number of carbonyl (C=O) groups excluding carboxylic acids is 2. The molecule has 0 aliphatic rings. The highest BCUT2D eigenvalue weighted by atomic mass is 35.5. The summed E-state index contributed by atoms with van der Waals surface area (Å²) in [4.78, 5) is 26.2. The van der Waals surface area contributed by atoms with E-state index in [-0.39, 0.29) is 11.3 Å². The van der Waals surface area contributed by atoms with Crippen molar-refractivity contribution in [2.75, 3.05) is 0 Å². The first kappa shape index (κ1) is 22.2. The quantitative estimate of drug-likeness (QED) is 0.289. The van der Waals surface area contributed by atoms with Gasteiger partial charge >= 0.3 is 0 Å². The molecular formula is C24H20ClN3O2S. The summed E-state index contributed by atoms with van der Waals surface area (Å²) in [6.45, 7) is 1.88. The minimum atomic E-state index is -0.544. The SMILES string of the molecule is CC(/C=N/NC(=O)/C(=C/c1cccs1)NC(=O)c1ccccc1Cl)=C\c1ccccc1. The average molecular weight is 450 g/mol. The molecule has 1 heterocycles. The molecule has 0 unspecified atom stereocenters. The van der Waals surface area contributed by atoms with Crippen molar-refractivity contribution in [3.8, 4) is 0 Å². The summed E-state index contributed by atoms with van der Waals surface area (Å²) in [5.74, 6) is -1.02. The molecule has 2 amide bonds. The lowest BCUT2D eigenvalue weighted by atomic mass is 10.1. The highest BCUT2D eigenvalue weighted by molar-refractivity contribution is 7.10. The number of hydrazone groups is 1. The third-order valence-electron chi connectivity index (χ3n) is 4.07. The van der Waals surface area contributed by atoms with E-state index >= 15 is 0 Å². The average Bonchev–Trinajstić information content (AvgIpc) is 3.27. The molecule has 5 nitrogen and oxygen atoms in total. The van der Waals surface area contributed by atoms with Crippen molar-refractivity contribution in [2.45, 2.75) is 6.92 Å². The zero-order valence-electron chi connectivity index (χ0n) is 16.7. The van der Waals surface area contributed by atoms with Crippen LogP contribution in [0.4, 0.5) is 0 Å². The Morgan fingerprint density at radius 1 is 0.968 bits per heavy atom. The lowest BCUT2D eigenvalue weighted by Crippen LogP contribution is -2.32. The van der Waals surface area contributed by atoms with Crippen LogP contribution in [-0.4, -0.2) is 18.0 Å². The van der Waals surface area contributed by atoms with E-state index in [1.165, 1.54) is 11.3 Å². The summed E-state index contributed by atoms with van der Waals surface area (Å²) in [5.41, 5.74) is 4.69. The van der Waals surface area contributed by atoms with Gasteiger partial charge in [-0.1, -0.05) is 66.2 Å². The molecule has 3 rings (SSSR count). The van der Waals surface area contributed by atoms with Crippen molar-refractivity contribution in [1.29, 1.82) is 0 Å². The number of nitrogens with one attached hydrogen (secondary N) is 2. The van der Waals surface area contributed by atoms with Crippen molar-refractivity contribution in [3.05, 3.63) is 104 Å². The van der Waals surface area contributed by atoms with Gasteiger partial charge in [-0.25, -0.2) is 5.43 Å². The number of hydrogen-bond donors (Lipinski definition) is 2. The van der Waals surface area contributed by atoms with Crippen molar-refractivity contribution >= 4 is 53.1 Å². The fourth-order valence-corrected chi connectivity index (χ4v) is 3.49. The van der Waals surface area contributed by atoms with Gasteiger partial charge in [0.1, 0.15) is 5.70 Å². The van der Waals surface area contributed by atoms with Gasteiger partial charge in [0.2, 0.25) is 0 Å². The summed E-state index contributed by atoms with van der Waals surface area (Å²) >= 11 is 7.54. The van der Waals surface area contributed by atoms with Crippen LogP contribution in [0.25, 0.3) is 12.2 Å². The van der Waals surface area contributed by atoms with Crippen LogP contribution in [0.2, 0.25) is 5.02 Å². The van der Waals surface area contributed by atoms with E-state index in [0.717, 1.165) is 16.0 Å². The van der Waals surface area contributed by atoms with Gasteiger partial charge in [0.15, 0.2) is 0 Å². The molecule has 156 valence electrons. The maximum atomic E-state index is 12.7. The van der Waals surface area contributed by atoms with E-state index in [0.29, 0.717) is 5.02 Å². The summed E-state index contributed by atoms with van der Waals surface area (Å²) in [5, 5.41) is 8.83. The molecule has 0 spiro atoms. The zero-order valence-corrected chi connectivity index (χ0v) is 18.3. The Kier molecular flexibility index (Phi) is 7.92. The third kappa shape index (κ3) is 6.77. The van der Waals surface area contributed by atoms with Crippen LogP contribution in [-0.2, 0) is 4.79 Å². The van der Waals surface area contributed by atoms with Gasteiger partial charge in [-0.3, -0.25) is 9.59 Å². The standard InChI is InChI=1S/C24H20ClN3O2S/c1-17(14-18-8-3-2-4-9-18)16-26-28-24(30)22(15-19-10-7-13-31-19)27-23(29)20-11-5-6-12-21(20)25/h2-16H,1H3,(H,27,29)(H,28,30)/b17-14+,22-15-,26-16+. The number of benzene rings is 2. The highest BCUT2D eigenvalue weighted by Crippen LogP contribution is 2.17. The summed E-state index contributed by atoms with van der Waals surface area (Å²) in [6, 6.07) is 20.1. The highest BCUT2D eigenvalue weighted by Gasteiger charge is 2.16. The molecule has 0 aliphatic heterocycles. The van der Waals surface area contributed by atoms with E-state index < -0.39 is 11.8 Å². The van der Waals surface area contributed by atoms with Crippen molar-refractivity contribution in [1.82, 2.24) is 10.7 Å². The Labute approximate surface area is 189 Å². The molecule has 3 aromatic rings. The molecule has 0 saturated heterocycles. The first-order valence-corrected chi connectivity index (χ1v) is 10.7. The normalized spacial score (nSPS) is 12.1. The summed E-state index contributed by atoms with van der Waals surface area (Å²) in [6.07, 6.45) is 5.08. The second-order valence-corrected chi connectivity index (χ2v) is 7.89. The topological polar surface area (TPSA) is 70.6 Å². The lowest BCUT2D eigenvalue weighted by Gasteiger charge is -2.09. The number of allylic oxidation sites excluding steroid dienone is 1. The predicted octanol–water partition coefficient (Wildman–Crippen LogP) is 5.38. The smallest absolute Gasteiger partial charge is 0.287 e. The number of carbonyl (C=O) groups is 2. The van der Waals surface area contributed by atoms with Gasteiger partial charge < -0.3 is 5.32 Å². The number of halogens is 1. The second kappa shape index (κ2) is 11.1. The molecule has 0 radical (unpaired) electrons. The van der Waals surface area contributed by atoms with Crippen molar-refractivity contribution < 1.29 is 9.59 Å². The van der Waals surface area contributed by atoms with E-state index in [9.17, 15) is 9.59 Å². The van der Waals surface area contributed by atoms with Crippen LogP contribution >= 0.6 is 22.9 Å². The molecule has 1 aromatic heterocycles. The van der Waals surface area contributed by atoms with Gasteiger partial charge in [-0.15, -0.1) is 11.3 Å². The van der Waals surface area contributed by atoms with Gasteiger partial charge in [0.25, 0.3) is 11.8 Å². The maximum absolute atomic E-state index is 12.7. The largest absolute Gasteiger partial charge is 0.317 e. The number of thiophene rings is 1. The molecule has 0 fully saturated rings. The number of nitrogens with zero attached hydrogens (tertiary/aromatic N) is 1. The molecule has 0 aliphatic carbocycles. The minimum Gasteiger partial charge on any atom is -0.317 e. The van der Waals surface area contributed by atoms with Gasteiger partial charge in [0.05, 0.1) is 16.8 Å². The van der Waals surface area contributed by atoms with Crippen LogP contribution in [0.5, 0.6) is 0 Å². The molecule has 2 N–H and O–H groups in total. The van der Waals surface area contributed by atoms with Crippen LogP contribution in [0, 0.1) is 0 Å². The monoisotopic (exact) mass is 449 g/mol. The third-order valence-corrected chi connectivity index (χ3v) is 5.22. The van der Waals surface area contributed by atoms with Gasteiger partial charge in [-0.2, -0.15) is 5.10 Å². The van der Waals surface area contributed by atoms with E-state index in [1.54, 1.807) is 36.6 Å². The zero-order chi connectivity index (χ0) is 22.1. The van der Waals surface area contributed by atoms with E-state index in [1.807, 2.05) is 60.8 Å². The van der Waals surface area contributed by atoms with E-state index in [2.05, 4.69) is 15.8 Å². The summed E-state index contributed by atoms with van der Waals surface area (Å²) in [7, 11) is 0.